The van der Waals surface area contributed by atoms with Gasteiger partial charge >= 0.3 is 5.97 Å². The third-order valence-corrected chi connectivity index (χ3v) is 9.83. The lowest BCUT2D eigenvalue weighted by Crippen LogP contribution is -2.65. The normalized spacial score (nSPS) is 46.2. The van der Waals surface area contributed by atoms with Gasteiger partial charge in [-0.25, -0.2) is 0 Å². The number of ether oxygens (including phenoxy) is 6. The molecule has 14 heteroatoms. The zero-order valence-electron chi connectivity index (χ0n) is 30.0. The summed E-state index contributed by atoms with van der Waals surface area (Å²) in [4.78, 5) is 26.6. The summed E-state index contributed by atoms with van der Waals surface area (Å²) in [5.41, 5.74) is -1.46. The van der Waals surface area contributed by atoms with Crippen molar-refractivity contribution in [1.82, 2.24) is 4.90 Å². The van der Waals surface area contributed by atoms with E-state index in [-0.39, 0.29) is 25.2 Å². The zero-order chi connectivity index (χ0) is 36.6. The number of aliphatic hydroxyl groups excluding tert-OH is 4. The van der Waals surface area contributed by atoms with Crippen LogP contribution in [0, 0.1) is 11.8 Å². The minimum atomic E-state index is -1.46. The van der Waals surface area contributed by atoms with Crippen molar-refractivity contribution >= 4 is 12.3 Å². The highest BCUT2D eigenvalue weighted by atomic mass is 16.7. The third kappa shape index (κ3) is 11.1. The van der Waals surface area contributed by atoms with Crippen LogP contribution in [0.1, 0.15) is 66.7 Å². The van der Waals surface area contributed by atoms with Crippen LogP contribution >= 0.6 is 0 Å². The molecule has 0 amide bonds. The number of allylic oxidation sites excluding steroid dienone is 2. The highest BCUT2D eigenvalue weighted by Gasteiger charge is 2.51. The van der Waals surface area contributed by atoms with Crippen LogP contribution < -0.4 is 0 Å². The minimum absolute atomic E-state index is 0.0164. The van der Waals surface area contributed by atoms with Crippen LogP contribution in [0.15, 0.2) is 24.3 Å². The monoisotopic (exact) mass is 701 g/mol. The maximum absolute atomic E-state index is 12.8. The van der Waals surface area contributed by atoms with E-state index in [4.69, 9.17) is 28.4 Å². The summed E-state index contributed by atoms with van der Waals surface area (Å²) in [5, 5.41) is 55.2. The predicted octanol–water partition coefficient (Wildman–Crippen LogP) is 0.846. The number of hydrogen-bond acceptors (Lipinski definition) is 14. The van der Waals surface area contributed by atoms with Gasteiger partial charge in [0.05, 0.1) is 48.6 Å². The first-order chi connectivity index (χ1) is 23.0. The lowest BCUT2D eigenvalue weighted by atomic mass is 9.82. The summed E-state index contributed by atoms with van der Waals surface area (Å²) >= 11 is 0. The molecule has 0 bridgehead atoms. The number of rotatable bonds is 8. The van der Waals surface area contributed by atoms with E-state index in [0.29, 0.717) is 6.42 Å². The van der Waals surface area contributed by atoms with Crippen LogP contribution in [-0.2, 0) is 38.0 Å². The molecule has 3 aliphatic heterocycles. The molecule has 0 unspecified atom stereocenters. The van der Waals surface area contributed by atoms with E-state index in [1.54, 1.807) is 58.0 Å². The average Bonchev–Trinajstić information content (AvgIpc) is 3.00. The quantitative estimate of drug-likeness (QED) is 0.177. The number of aliphatic hydroxyl groups is 5. The van der Waals surface area contributed by atoms with Gasteiger partial charge in [0.2, 0.25) is 0 Å². The van der Waals surface area contributed by atoms with Crippen molar-refractivity contribution in [3.63, 3.8) is 0 Å². The van der Waals surface area contributed by atoms with E-state index in [1.807, 2.05) is 13.0 Å². The molecule has 0 aromatic rings. The first kappa shape index (κ1) is 41.6. The number of likely N-dealkylation sites (N-methyl/N-ethyl adjacent to an activating group) is 1. The van der Waals surface area contributed by atoms with Crippen LogP contribution in [0.4, 0.5) is 0 Å². The molecule has 49 heavy (non-hydrogen) atoms. The van der Waals surface area contributed by atoms with Gasteiger partial charge in [0.15, 0.2) is 12.6 Å². The van der Waals surface area contributed by atoms with Gasteiger partial charge in [-0.2, -0.15) is 0 Å². The average molecular weight is 702 g/mol. The maximum Gasteiger partial charge on any atom is 0.308 e. The fourth-order valence-corrected chi connectivity index (χ4v) is 7.04. The number of carbonyl (C=O) groups is 2. The summed E-state index contributed by atoms with van der Waals surface area (Å²) in [7, 11) is 4.86. The summed E-state index contributed by atoms with van der Waals surface area (Å²) in [6.45, 7) is 8.44. The molecule has 0 radical (unpaired) electrons. The van der Waals surface area contributed by atoms with E-state index in [0.717, 1.165) is 6.29 Å². The van der Waals surface area contributed by atoms with Gasteiger partial charge < -0.3 is 63.6 Å². The summed E-state index contributed by atoms with van der Waals surface area (Å²) < 4.78 is 36.1. The molecule has 16 atom stereocenters. The summed E-state index contributed by atoms with van der Waals surface area (Å²) in [5.74, 6) is -1.64. The molecular formula is C35H59NO13. The Hall–Kier alpha value is -1.82. The second-order valence-electron chi connectivity index (χ2n) is 14.3. The van der Waals surface area contributed by atoms with Crippen LogP contribution in [0.2, 0.25) is 0 Å². The molecule has 14 nitrogen and oxygen atoms in total. The van der Waals surface area contributed by atoms with Gasteiger partial charge in [-0.1, -0.05) is 31.2 Å². The van der Waals surface area contributed by atoms with Crippen molar-refractivity contribution in [2.75, 3.05) is 21.2 Å². The Morgan fingerprint density at radius 1 is 1.00 bits per heavy atom. The number of esters is 1. The number of methoxy groups -OCH3 is 1. The Labute approximate surface area is 289 Å². The second-order valence-corrected chi connectivity index (χ2v) is 14.3. The van der Waals surface area contributed by atoms with Crippen molar-refractivity contribution in [1.29, 1.82) is 0 Å². The first-order valence-corrected chi connectivity index (χ1v) is 17.2. The third-order valence-electron chi connectivity index (χ3n) is 9.83. The number of nitrogens with zero attached hydrogens (tertiary/aromatic N) is 1. The smallest absolute Gasteiger partial charge is 0.308 e. The molecule has 5 N–H and O–H groups in total. The fraction of sp³-hybridized carbons (Fsp3) is 0.829. The first-order valence-electron chi connectivity index (χ1n) is 17.2. The van der Waals surface area contributed by atoms with Crippen LogP contribution in [0.5, 0.6) is 0 Å². The Kier molecular flexibility index (Phi) is 15.8. The lowest BCUT2D eigenvalue weighted by molar-refractivity contribution is -0.344. The molecule has 0 aliphatic carbocycles. The summed E-state index contributed by atoms with van der Waals surface area (Å²) in [6.07, 6.45) is -4.00. The maximum atomic E-state index is 12.8. The van der Waals surface area contributed by atoms with Gasteiger partial charge in [-0.3, -0.25) is 4.79 Å². The van der Waals surface area contributed by atoms with Crippen molar-refractivity contribution < 1.29 is 63.5 Å². The van der Waals surface area contributed by atoms with Crippen molar-refractivity contribution in [2.45, 2.75) is 152 Å². The SMILES string of the molecule is CO[C@@H]1[C@@H](O[C@@H]2O[C@H](C)[C@@H](O[C@H]3C[C@@](C)(O)[C@@H](O)[C@H](C)O3)[C@H](N(C)C)[C@H]2O)[C@H](CC=O)C[C@@H](C)[C@@H](O)/C=C/C=C/C[C@@H](C)OC(=O)C[C@H]1O. The van der Waals surface area contributed by atoms with Gasteiger partial charge in [-0.15, -0.1) is 0 Å². The van der Waals surface area contributed by atoms with Crippen LogP contribution in [0.25, 0.3) is 0 Å². The molecular weight excluding hydrogens is 642 g/mol. The number of aldehydes is 1. The van der Waals surface area contributed by atoms with Crippen molar-refractivity contribution in [3.05, 3.63) is 24.3 Å². The van der Waals surface area contributed by atoms with E-state index >= 15 is 0 Å². The van der Waals surface area contributed by atoms with Crippen LogP contribution in [0.3, 0.4) is 0 Å². The molecule has 3 rings (SSSR count). The highest BCUT2D eigenvalue weighted by Crippen LogP contribution is 2.36. The fourth-order valence-electron chi connectivity index (χ4n) is 7.04. The molecule has 3 aliphatic rings. The Morgan fingerprint density at radius 3 is 2.31 bits per heavy atom. The molecule has 0 saturated carbocycles. The molecule has 282 valence electrons. The topological polar surface area (TPSA) is 194 Å². The zero-order valence-corrected chi connectivity index (χ0v) is 30.0. The molecule has 3 heterocycles. The molecule has 0 aromatic heterocycles. The van der Waals surface area contributed by atoms with E-state index in [1.165, 1.54) is 14.0 Å². The molecule has 0 spiro atoms. The van der Waals surface area contributed by atoms with Gasteiger partial charge in [0, 0.05) is 26.4 Å². The Bertz CT molecular complexity index is 1100. The van der Waals surface area contributed by atoms with E-state index in [2.05, 4.69) is 0 Å². The van der Waals surface area contributed by atoms with Crippen LogP contribution in [-0.4, -0.2) is 149 Å². The Balaban J connectivity index is 1.94. The van der Waals surface area contributed by atoms with Gasteiger partial charge in [-0.05, 0) is 60.0 Å². The van der Waals surface area contributed by atoms with Crippen molar-refractivity contribution in [3.8, 4) is 0 Å². The van der Waals surface area contributed by atoms with Crippen molar-refractivity contribution in [2.24, 2.45) is 11.8 Å². The Morgan fingerprint density at radius 2 is 1.69 bits per heavy atom. The highest BCUT2D eigenvalue weighted by molar-refractivity contribution is 5.70. The predicted molar refractivity (Wildman–Crippen MR) is 177 cm³/mol. The van der Waals surface area contributed by atoms with E-state index in [9.17, 15) is 35.1 Å². The molecule has 2 fully saturated rings. The summed E-state index contributed by atoms with van der Waals surface area (Å²) in [6, 6.07) is -0.721. The van der Waals surface area contributed by atoms with Gasteiger partial charge in [0.1, 0.15) is 36.8 Å². The number of cyclic esters (lactones) is 1. The van der Waals surface area contributed by atoms with Gasteiger partial charge in [0.25, 0.3) is 0 Å². The minimum Gasteiger partial charge on any atom is -0.462 e. The molecule has 2 saturated heterocycles. The lowest BCUT2D eigenvalue weighted by Gasteiger charge is -2.50. The van der Waals surface area contributed by atoms with E-state index < -0.39 is 104 Å². The number of carbonyl (C=O) groups excluding carboxylic acids is 2. The largest absolute Gasteiger partial charge is 0.462 e. The second kappa shape index (κ2) is 18.6. The number of hydrogen-bond donors (Lipinski definition) is 5. The molecule has 0 aromatic carbocycles. The standard InChI is InChI=1S/C35H59NO13/c1-19-16-23(14-15-37)31(32(44-8)25(39)17-26(40)45-20(2)12-10-9-11-13-24(19)38)49-34-29(41)28(36(6)7)30(21(3)47-34)48-27-18-35(5,43)33(42)22(4)46-27/h9-11,13,15,19-25,27-34,38-39,41-43H,12,14,16-18H2,1-8H3/b10-9+,13-11+/t19-,20-,21-,22+,23-,24+,25-,27+,28-,29-,30-,31+,32+,33+,34+,35-/m1/s1.